The Balaban J connectivity index is 1.67. The van der Waals surface area contributed by atoms with Crippen molar-refractivity contribution in [3.8, 4) is 11.5 Å². The summed E-state index contributed by atoms with van der Waals surface area (Å²) in [5, 5.41) is 10.1. The second-order valence-corrected chi connectivity index (χ2v) is 7.44. The molecule has 0 amide bonds. The Kier molecular flexibility index (Phi) is 4.50. The Hall–Kier alpha value is -2.98. The average Bonchev–Trinajstić information content (AvgIpc) is 3.21. The molecule has 1 aromatic carbocycles. The Morgan fingerprint density at radius 3 is 2.81 bits per heavy atom. The third-order valence-corrected chi connectivity index (χ3v) is 5.41. The van der Waals surface area contributed by atoms with Gasteiger partial charge in [-0.25, -0.2) is 15.0 Å². The van der Waals surface area contributed by atoms with Crippen LogP contribution < -0.4 is 20.6 Å². The maximum absolute atomic E-state index is 12.4. The molecule has 0 aliphatic heterocycles. The molecule has 0 radical (unpaired) electrons. The number of ether oxygens (including phenoxy) is 1. The van der Waals surface area contributed by atoms with Gasteiger partial charge >= 0.3 is 0 Å². The number of thiazole rings is 1. The van der Waals surface area contributed by atoms with Gasteiger partial charge in [-0.2, -0.15) is 0 Å². The van der Waals surface area contributed by atoms with Crippen molar-refractivity contribution in [2.75, 3.05) is 5.73 Å². The molecular weight excluding hydrogens is 434 g/mol. The minimum atomic E-state index is -0.144. The fourth-order valence-electron chi connectivity index (χ4n) is 2.40. The third kappa shape index (κ3) is 3.49. The number of benzene rings is 1. The summed E-state index contributed by atoms with van der Waals surface area (Å²) >= 11 is 4.69. The molecule has 0 saturated carbocycles. The zero-order valence-corrected chi connectivity index (χ0v) is 16.1. The summed E-state index contributed by atoms with van der Waals surface area (Å²) in [5.74, 6) is 0.423. The van der Waals surface area contributed by atoms with E-state index in [4.69, 9.17) is 10.5 Å². The van der Waals surface area contributed by atoms with Gasteiger partial charge in [-0.05, 0) is 23.8 Å². The van der Waals surface area contributed by atoms with Gasteiger partial charge in [0.15, 0.2) is 16.5 Å². The van der Waals surface area contributed by atoms with Crippen LogP contribution in [0, 0.1) is 0 Å². The number of hydrogen-bond donors (Lipinski definition) is 2. The van der Waals surface area contributed by atoms with Crippen LogP contribution in [-0.2, 0) is 6.61 Å². The van der Waals surface area contributed by atoms with Gasteiger partial charge in [0, 0.05) is 34.8 Å². The van der Waals surface area contributed by atoms with E-state index in [0.717, 1.165) is 0 Å². The molecule has 0 bridgehead atoms. The molecule has 136 valence electrons. The summed E-state index contributed by atoms with van der Waals surface area (Å²) in [4.78, 5) is 24.9. The van der Waals surface area contributed by atoms with Crippen molar-refractivity contribution in [1.29, 1.82) is 0 Å². The van der Waals surface area contributed by atoms with E-state index in [0.29, 0.717) is 25.1 Å². The number of nitrogens with zero attached hydrogens (tertiary/aromatic N) is 4. The van der Waals surface area contributed by atoms with Gasteiger partial charge in [-0.1, -0.05) is 27.3 Å². The predicted molar refractivity (Wildman–Crippen MR) is 105 cm³/mol. The van der Waals surface area contributed by atoms with E-state index >= 15 is 0 Å². The second kappa shape index (κ2) is 6.97. The Morgan fingerprint density at radius 1 is 1.30 bits per heavy atom. The number of imidazole rings is 1. The molecular formula is C17H12BrN5O3S. The Morgan fingerprint density at radius 2 is 2.07 bits per heavy atom. The van der Waals surface area contributed by atoms with E-state index in [1.807, 2.05) is 0 Å². The summed E-state index contributed by atoms with van der Waals surface area (Å²) in [6, 6.07) is 3.17. The highest BCUT2D eigenvalue weighted by molar-refractivity contribution is 9.10. The molecule has 0 fully saturated rings. The first kappa shape index (κ1) is 17.4. The number of nitrogens with two attached hydrogens (primary N) is 1. The zero-order chi connectivity index (χ0) is 19.0. The highest BCUT2D eigenvalue weighted by Gasteiger charge is 2.10. The lowest BCUT2D eigenvalue weighted by Crippen LogP contribution is -2.22. The van der Waals surface area contributed by atoms with Crippen molar-refractivity contribution >= 4 is 44.3 Å². The van der Waals surface area contributed by atoms with Crippen molar-refractivity contribution in [2.45, 2.75) is 6.61 Å². The molecule has 27 heavy (non-hydrogen) atoms. The lowest BCUT2D eigenvalue weighted by molar-refractivity contribution is 0.288. The molecule has 0 unspecified atom stereocenters. The average molecular weight is 446 g/mol. The number of anilines is 1. The van der Waals surface area contributed by atoms with Crippen LogP contribution in [0.1, 0.15) is 11.1 Å². The van der Waals surface area contributed by atoms with E-state index < -0.39 is 0 Å². The maximum atomic E-state index is 12.4. The molecule has 8 nitrogen and oxygen atoms in total. The van der Waals surface area contributed by atoms with E-state index in [9.17, 15) is 9.90 Å². The highest BCUT2D eigenvalue weighted by atomic mass is 79.9. The van der Waals surface area contributed by atoms with Gasteiger partial charge in [-0.15, -0.1) is 0 Å². The van der Waals surface area contributed by atoms with Crippen molar-refractivity contribution < 1.29 is 9.84 Å². The van der Waals surface area contributed by atoms with Crippen molar-refractivity contribution in [2.24, 2.45) is 0 Å². The smallest absolute Gasteiger partial charge is 0.274 e. The molecule has 0 atom stereocenters. The second-order valence-electron chi connectivity index (χ2n) is 5.58. The Bertz CT molecular complexity index is 1240. The molecule has 0 aliphatic rings. The standard InChI is InChI=1S/C17H12BrN5O3S/c18-11-5-12(24)13(26-8-9-6-21-16(19)22-7-9)3-10(11)4-14-15(25)23-2-1-20-17(23)27-14/h1-7,24H,8H2,(H2,19,21,22)/b14-4-. The van der Waals surface area contributed by atoms with Crippen molar-refractivity contribution in [1.82, 2.24) is 19.4 Å². The quantitative estimate of drug-likeness (QED) is 0.491. The van der Waals surface area contributed by atoms with Crippen LogP contribution in [-0.4, -0.2) is 24.5 Å². The van der Waals surface area contributed by atoms with Gasteiger partial charge < -0.3 is 15.6 Å². The number of aromatic nitrogens is 4. The lowest BCUT2D eigenvalue weighted by atomic mass is 10.2. The largest absolute Gasteiger partial charge is 0.504 e. The van der Waals surface area contributed by atoms with Crippen molar-refractivity contribution in [3.05, 3.63) is 67.4 Å². The minimum Gasteiger partial charge on any atom is -0.504 e. The number of phenols is 1. The first-order valence-corrected chi connectivity index (χ1v) is 9.31. The van der Waals surface area contributed by atoms with E-state index in [-0.39, 0.29) is 29.6 Å². The number of fused-ring (bicyclic) bond motifs is 1. The number of rotatable bonds is 4. The summed E-state index contributed by atoms with van der Waals surface area (Å²) in [7, 11) is 0. The molecule has 3 N–H and O–H groups in total. The number of aromatic hydroxyl groups is 1. The first-order valence-electron chi connectivity index (χ1n) is 7.70. The molecule has 0 saturated heterocycles. The van der Waals surface area contributed by atoms with Crippen LogP contribution in [0.3, 0.4) is 0 Å². The van der Waals surface area contributed by atoms with Crippen LogP contribution in [0.2, 0.25) is 0 Å². The minimum absolute atomic E-state index is 0.0290. The molecule has 4 aromatic rings. The zero-order valence-electron chi connectivity index (χ0n) is 13.7. The van der Waals surface area contributed by atoms with Crippen LogP contribution in [0.5, 0.6) is 11.5 Å². The van der Waals surface area contributed by atoms with Gasteiger partial charge in [0.05, 0.1) is 4.53 Å². The van der Waals surface area contributed by atoms with E-state index in [1.165, 1.54) is 21.8 Å². The molecule has 4 rings (SSSR count). The third-order valence-electron chi connectivity index (χ3n) is 3.72. The summed E-state index contributed by atoms with van der Waals surface area (Å²) < 4.78 is 8.32. The molecule has 3 heterocycles. The molecule has 3 aromatic heterocycles. The lowest BCUT2D eigenvalue weighted by Gasteiger charge is -2.10. The van der Waals surface area contributed by atoms with Gasteiger partial charge in [0.2, 0.25) is 5.95 Å². The van der Waals surface area contributed by atoms with Crippen molar-refractivity contribution in [3.63, 3.8) is 0 Å². The Labute approximate surface area is 164 Å². The monoisotopic (exact) mass is 445 g/mol. The molecule has 0 spiro atoms. The molecule has 10 heteroatoms. The number of nitrogen functional groups attached to an aromatic ring is 1. The van der Waals surface area contributed by atoms with Crippen LogP contribution in [0.15, 0.2) is 46.2 Å². The summed E-state index contributed by atoms with van der Waals surface area (Å²) in [6.07, 6.45) is 8.04. The van der Waals surface area contributed by atoms with Crippen LogP contribution >= 0.6 is 27.3 Å². The predicted octanol–water partition coefficient (Wildman–Crippen LogP) is 1.72. The fraction of sp³-hybridized carbons (Fsp3) is 0.0588. The normalized spacial score (nSPS) is 12.0. The molecule has 0 aliphatic carbocycles. The van der Waals surface area contributed by atoms with Gasteiger partial charge in [0.25, 0.3) is 5.56 Å². The summed E-state index contributed by atoms with van der Waals surface area (Å²) in [5.41, 5.74) is 6.71. The number of halogens is 1. The number of phenolic OH excluding ortho intramolecular Hbond substituents is 1. The number of hydrogen-bond acceptors (Lipinski definition) is 8. The van der Waals surface area contributed by atoms with Gasteiger partial charge in [-0.3, -0.25) is 9.20 Å². The van der Waals surface area contributed by atoms with Crippen LogP contribution in [0.25, 0.3) is 11.0 Å². The topological polar surface area (TPSA) is 116 Å². The van der Waals surface area contributed by atoms with E-state index in [2.05, 4.69) is 30.9 Å². The van der Waals surface area contributed by atoms with Gasteiger partial charge in [0.1, 0.15) is 6.61 Å². The maximum Gasteiger partial charge on any atom is 0.274 e. The van der Waals surface area contributed by atoms with E-state index in [1.54, 1.807) is 36.9 Å². The fourth-order valence-corrected chi connectivity index (χ4v) is 3.77. The first-order chi connectivity index (χ1) is 13.0. The highest BCUT2D eigenvalue weighted by Crippen LogP contribution is 2.33. The summed E-state index contributed by atoms with van der Waals surface area (Å²) in [6.45, 7) is 0.161. The SMILES string of the molecule is Nc1ncc(COc2cc(/C=c3\sc4nccn4c3=O)c(Br)cc2O)cn1. The van der Waals surface area contributed by atoms with Crippen LogP contribution in [0.4, 0.5) is 5.95 Å².